The van der Waals surface area contributed by atoms with Crippen molar-refractivity contribution in [2.75, 3.05) is 19.5 Å². The Hall–Kier alpha value is 0.210. The summed E-state index contributed by atoms with van der Waals surface area (Å²) in [4.78, 5) is 4.54. The fourth-order valence-corrected chi connectivity index (χ4v) is 0.375. The zero-order valence-electron chi connectivity index (χ0n) is 4.41. The summed E-state index contributed by atoms with van der Waals surface area (Å²) in [5, 5.41) is 0. The minimum absolute atomic E-state index is 0.691. The molecule has 0 atom stereocenters. The molecule has 0 radical (unpaired) electrons. The van der Waals surface area contributed by atoms with Gasteiger partial charge in [0.25, 0.3) is 0 Å². The molecule has 44 valence electrons. The molecule has 0 aromatic carbocycles. The third kappa shape index (κ3) is 6.21. The van der Waals surface area contributed by atoms with Crippen LogP contribution in [-0.4, -0.2) is 19.5 Å². The molecule has 0 aromatic heterocycles. The highest BCUT2D eigenvalue weighted by molar-refractivity contribution is 6.17. The van der Waals surface area contributed by atoms with Gasteiger partial charge in [-0.05, 0) is 6.42 Å². The van der Waals surface area contributed by atoms with Gasteiger partial charge in [0.15, 0.2) is 0 Å². The Morgan fingerprint density at radius 1 is 1.71 bits per heavy atom. The second kappa shape index (κ2) is 6.21. The van der Waals surface area contributed by atoms with Crippen molar-refractivity contribution >= 4 is 11.6 Å². The van der Waals surface area contributed by atoms with E-state index in [-0.39, 0.29) is 0 Å². The maximum atomic E-state index is 5.34. The van der Waals surface area contributed by atoms with Gasteiger partial charge < -0.3 is 4.84 Å². The molecule has 0 heterocycles. The second-order valence-electron chi connectivity index (χ2n) is 1.14. The Balaban J connectivity index is 2.45. The van der Waals surface area contributed by atoms with E-state index in [1.807, 2.05) is 0 Å². The standard InChI is InChI=1S/C4H10ClNO/c1-7-6-4-2-3-5/h6H,2-4H2,1H3. The molecule has 0 aliphatic rings. The fraction of sp³-hybridized carbons (Fsp3) is 1.00. The molecule has 0 saturated carbocycles. The predicted molar refractivity (Wildman–Crippen MR) is 30.3 cm³/mol. The van der Waals surface area contributed by atoms with E-state index in [2.05, 4.69) is 10.3 Å². The monoisotopic (exact) mass is 123 g/mol. The highest BCUT2D eigenvalue weighted by Gasteiger charge is 1.79. The van der Waals surface area contributed by atoms with Crippen LogP contribution < -0.4 is 5.48 Å². The first kappa shape index (κ1) is 7.21. The summed E-state index contributed by atoms with van der Waals surface area (Å²) in [5.74, 6) is 0.691. The van der Waals surface area contributed by atoms with E-state index in [0.29, 0.717) is 5.88 Å². The lowest BCUT2D eigenvalue weighted by atomic mass is 10.5. The van der Waals surface area contributed by atoms with Crippen LogP contribution in [0, 0.1) is 0 Å². The maximum absolute atomic E-state index is 5.34. The average Bonchev–Trinajstić information content (AvgIpc) is 1.69. The molecule has 0 unspecified atom stereocenters. The van der Waals surface area contributed by atoms with Gasteiger partial charge in [-0.25, -0.2) is 5.48 Å². The largest absolute Gasteiger partial charge is 0.305 e. The smallest absolute Gasteiger partial charge is 0.0572 e. The molecule has 0 aliphatic heterocycles. The Kier molecular flexibility index (Phi) is 6.40. The van der Waals surface area contributed by atoms with Gasteiger partial charge in [-0.2, -0.15) is 0 Å². The molecule has 0 bridgehead atoms. The summed E-state index contributed by atoms with van der Waals surface area (Å²) in [6, 6.07) is 0. The van der Waals surface area contributed by atoms with Crippen molar-refractivity contribution in [1.29, 1.82) is 0 Å². The van der Waals surface area contributed by atoms with E-state index in [4.69, 9.17) is 11.6 Å². The van der Waals surface area contributed by atoms with Crippen molar-refractivity contribution in [2.45, 2.75) is 6.42 Å². The molecule has 0 saturated heterocycles. The average molecular weight is 124 g/mol. The molecule has 0 aliphatic carbocycles. The van der Waals surface area contributed by atoms with Crippen molar-refractivity contribution in [3.8, 4) is 0 Å². The van der Waals surface area contributed by atoms with E-state index >= 15 is 0 Å². The molecule has 2 nitrogen and oxygen atoms in total. The van der Waals surface area contributed by atoms with Crippen LogP contribution in [-0.2, 0) is 4.84 Å². The van der Waals surface area contributed by atoms with Crippen LogP contribution in [0.5, 0.6) is 0 Å². The molecular weight excluding hydrogens is 114 g/mol. The predicted octanol–water partition coefficient (Wildman–Crippen LogP) is 0.766. The first-order chi connectivity index (χ1) is 3.41. The summed E-state index contributed by atoms with van der Waals surface area (Å²) in [6.45, 7) is 0.833. The van der Waals surface area contributed by atoms with Gasteiger partial charge in [-0.1, -0.05) is 0 Å². The van der Waals surface area contributed by atoms with Crippen LogP contribution in [0.2, 0.25) is 0 Å². The number of hydrogen-bond acceptors (Lipinski definition) is 2. The molecule has 0 spiro atoms. The van der Waals surface area contributed by atoms with Crippen LogP contribution in [0.1, 0.15) is 6.42 Å². The van der Waals surface area contributed by atoms with Crippen LogP contribution in [0.25, 0.3) is 0 Å². The summed E-state index contributed by atoms with van der Waals surface area (Å²) in [7, 11) is 1.59. The van der Waals surface area contributed by atoms with Crippen LogP contribution >= 0.6 is 11.6 Å². The third-order valence-electron chi connectivity index (χ3n) is 0.557. The van der Waals surface area contributed by atoms with Gasteiger partial charge in [-0.3, -0.25) is 0 Å². The molecule has 0 rings (SSSR count). The van der Waals surface area contributed by atoms with E-state index in [1.165, 1.54) is 0 Å². The van der Waals surface area contributed by atoms with Gasteiger partial charge in [0.1, 0.15) is 0 Å². The van der Waals surface area contributed by atoms with Gasteiger partial charge in [-0.15, -0.1) is 11.6 Å². The summed E-state index contributed by atoms with van der Waals surface area (Å²) in [6.07, 6.45) is 0.954. The SMILES string of the molecule is CONCCCCl. The number of nitrogens with one attached hydrogen (secondary N) is 1. The number of alkyl halides is 1. The van der Waals surface area contributed by atoms with Crippen molar-refractivity contribution in [3.05, 3.63) is 0 Å². The maximum Gasteiger partial charge on any atom is 0.0572 e. The summed E-state index contributed by atoms with van der Waals surface area (Å²) >= 11 is 5.34. The highest BCUT2D eigenvalue weighted by Crippen LogP contribution is 1.79. The van der Waals surface area contributed by atoms with Crippen molar-refractivity contribution in [3.63, 3.8) is 0 Å². The van der Waals surface area contributed by atoms with Crippen LogP contribution in [0.15, 0.2) is 0 Å². The minimum atomic E-state index is 0.691. The molecule has 3 heteroatoms. The lowest BCUT2D eigenvalue weighted by molar-refractivity contribution is 0.0922. The Labute approximate surface area is 48.8 Å². The molecule has 0 amide bonds. The zero-order chi connectivity index (χ0) is 5.54. The van der Waals surface area contributed by atoms with E-state index in [9.17, 15) is 0 Å². The Morgan fingerprint density at radius 2 is 2.43 bits per heavy atom. The first-order valence-corrected chi connectivity index (χ1v) is 2.77. The van der Waals surface area contributed by atoms with E-state index in [1.54, 1.807) is 7.11 Å². The van der Waals surface area contributed by atoms with Gasteiger partial charge in [0.2, 0.25) is 0 Å². The summed E-state index contributed by atoms with van der Waals surface area (Å²) < 4.78 is 0. The fourth-order valence-electron chi connectivity index (χ4n) is 0.241. The van der Waals surface area contributed by atoms with Crippen molar-refractivity contribution in [1.82, 2.24) is 5.48 Å². The van der Waals surface area contributed by atoms with Crippen molar-refractivity contribution in [2.24, 2.45) is 0 Å². The van der Waals surface area contributed by atoms with E-state index < -0.39 is 0 Å². The van der Waals surface area contributed by atoms with Crippen LogP contribution in [0.4, 0.5) is 0 Å². The van der Waals surface area contributed by atoms with Gasteiger partial charge in [0.05, 0.1) is 7.11 Å². The van der Waals surface area contributed by atoms with E-state index in [0.717, 1.165) is 13.0 Å². The molecular formula is C4H10ClNO. The number of halogens is 1. The topological polar surface area (TPSA) is 21.3 Å². The number of hydroxylamine groups is 1. The quantitative estimate of drug-likeness (QED) is 0.339. The third-order valence-corrected chi connectivity index (χ3v) is 0.824. The molecule has 1 N–H and O–H groups in total. The lowest BCUT2D eigenvalue weighted by Gasteiger charge is -1.95. The first-order valence-electron chi connectivity index (χ1n) is 2.23. The zero-order valence-corrected chi connectivity index (χ0v) is 5.16. The number of rotatable bonds is 4. The number of hydrogen-bond donors (Lipinski definition) is 1. The van der Waals surface area contributed by atoms with Crippen molar-refractivity contribution < 1.29 is 4.84 Å². The molecule has 7 heavy (non-hydrogen) atoms. The highest BCUT2D eigenvalue weighted by atomic mass is 35.5. The Bertz CT molecular complexity index is 30.9. The van der Waals surface area contributed by atoms with Gasteiger partial charge >= 0.3 is 0 Å². The summed E-state index contributed by atoms with van der Waals surface area (Å²) in [5.41, 5.74) is 2.66. The Morgan fingerprint density at radius 3 is 2.86 bits per heavy atom. The minimum Gasteiger partial charge on any atom is -0.305 e. The van der Waals surface area contributed by atoms with Gasteiger partial charge in [0, 0.05) is 12.4 Å². The van der Waals surface area contributed by atoms with Crippen LogP contribution in [0.3, 0.4) is 0 Å². The normalized spacial score (nSPS) is 9.43. The second-order valence-corrected chi connectivity index (χ2v) is 1.52. The molecule has 0 aromatic rings. The molecule has 0 fully saturated rings. The lowest BCUT2D eigenvalue weighted by Crippen LogP contribution is -2.12.